The van der Waals surface area contributed by atoms with E-state index in [0.717, 1.165) is 23.7 Å². The van der Waals surface area contributed by atoms with E-state index in [9.17, 15) is 0 Å². The summed E-state index contributed by atoms with van der Waals surface area (Å²) in [4.78, 5) is 0. The lowest BCUT2D eigenvalue weighted by atomic mass is 9.76. The number of nitrogens with zero attached hydrogens (tertiary/aromatic N) is 2. The Bertz CT molecular complexity index is 403. The average Bonchev–Trinajstić information content (AvgIpc) is 2.38. The molecule has 0 aliphatic heterocycles. The molecule has 3 atom stereocenters. The van der Waals surface area contributed by atoms with Crippen LogP contribution in [-0.2, 0) is 6.42 Å². The van der Waals surface area contributed by atoms with Crippen LogP contribution in [0.2, 0.25) is 0 Å². The molecule has 1 aromatic heterocycles. The molecule has 18 heavy (non-hydrogen) atoms. The molecule has 3 nitrogen and oxygen atoms in total. The Morgan fingerprint density at radius 1 is 1.39 bits per heavy atom. The van der Waals surface area contributed by atoms with Crippen LogP contribution in [0.3, 0.4) is 0 Å². The van der Waals surface area contributed by atoms with Gasteiger partial charge in [-0.05, 0) is 49.7 Å². The summed E-state index contributed by atoms with van der Waals surface area (Å²) in [7, 11) is 0. The second-order valence-electron chi connectivity index (χ2n) is 5.80. The molecule has 1 heterocycles. The number of nitrogens with two attached hydrogens (primary N) is 1. The van der Waals surface area contributed by atoms with Gasteiger partial charge < -0.3 is 5.73 Å². The van der Waals surface area contributed by atoms with Gasteiger partial charge in [0.05, 0.1) is 11.4 Å². The van der Waals surface area contributed by atoms with E-state index in [2.05, 4.69) is 30.1 Å². The second kappa shape index (κ2) is 5.79. The zero-order chi connectivity index (χ0) is 13.1. The summed E-state index contributed by atoms with van der Waals surface area (Å²) in [5.74, 6) is 1.43. The Kier molecular flexibility index (Phi) is 4.33. The Labute approximate surface area is 110 Å². The predicted octanol–water partition coefficient (Wildman–Crippen LogP) is 3.17. The molecular weight excluding hydrogens is 222 g/mol. The summed E-state index contributed by atoms with van der Waals surface area (Å²) in [6, 6.07) is 2.27. The van der Waals surface area contributed by atoms with Crippen molar-refractivity contribution in [2.75, 3.05) is 0 Å². The van der Waals surface area contributed by atoms with Gasteiger partial charge in [-0.25, -0.2) is 0 Å². The van der Waals surface area contributed by atoms with Crippen molar-refractivity contribution < 1.29 is 0 Å². The molecular formula is C15H25N3. The lowest BCUT2D eigenvalue weighted by molar-refractivity contribution is 0.247. The van der Waals surface area contributed by atoms with Crippen molar-refractivity contribution in [1.82, 2.24) is 10.2 Å². The minimum absolute atomic E-state index is 0.136. The molecule has 1 aliphatic carbocycles. The molecule has 3 unspecified atom stereocenters. The van der Waals surface area contributed by atoms with Crippen LogP contribution in [0.5, 0.6) is 0 Å². The van der Waals surface area contributed by atoms with E-state index in [4.69, 9.17) is 5.73 Å². The van der Waals surface area contributed by atoms with E-state index in [1.54, 1.807) is 0 Å². The summed E-state index contributed by atoms with van der Waals surface area (Å²) in [6.07, 6.45) is 6.11. The van der Waals surface area contributed by atoms with Gasteiger partial charge in [-0.15, -0.1) is 0 Å². The van der Waals surface area contributed by atoms with E-state index in [1.165, 1.54) is 31.2 Å². The maximum atomic E-state index is 6.51. The minimum atomic E-state index is 0.136. The highest BCUT2D eigenvalue weighted by molar-refractivity contribution is 5.25. The Morgan fingerprint density at radius 2 is 2.17 bits per heavy atom. The number of aryl methyl sites for hydroxylation is 2. The summed E-state index contributed by atoms with van der Waals surface area (Å²) >= 11 is 0. The van der Waals surface area contributed by atoms with E-state index < -0.39 is 0 Å². The Hall–Kier alpha value is -0.960. The van der Waals surface area contributed by atoms with Gasteiger partial charge in [0.25, 0.3) is 0 Å². The molecule has 100 valence electrons. The highest BCUT2D eigenvalue weighted by Crippen LogP contribution is 2.36. The predicted molar refractivity (Wildman–Crippen MR) is 74.2 cm³/mol. The van der Waals surface area contributed by atoms with E-state index in [-0.39, 0.29) is 6.04 Å². The average molecular weight is 247 g/mol. The molecule has 2 rings (SSSR count). The number of hydrogen-bond acceptors (Lipinski definition) is 3. The first-order valence-corrected chi connectivity index (χ1v) is 7.20. The molecule has 0 radical (unpaired) electrons. The summed E-state index contributed by atoms with van der Waals surface area (Å²) in [6.45, 7) is 6.46. The molecule has 1 aliphatic rings. The quantitative estimate of drug-likeness (QED) is 0.892. The molecule has 0 bridgehead atoms. The minimum Gasteiger partial charge on any atom is -0.324 e. The first kappa shape index (κ1) is 13.5. The summed E-state index contributed by atoms with van der Waals surface area (Å²) in [5, 5.41) is 8.45. The van der Waals surface area contributed by atoms with Crippen LogP contribution in [-0.4, -0.2) is 10.2 Å². The maximum Gasteiger partial charge on any atom is 0.0676 e. The van der Waals surface area contributed by atoms with Crippen molar-refractivity contribution in [3.63, 3.8) is 0 Å². The molecule has 3 heteroatoms. The van der Waals surface area contributed by atoms with Crippen LogP contribution in [0, 0.1) is 18.8 Å². The van der Waals surface area contributed by atoms with Crippen molar-refractivity contribution in [3.05, 3.63) is 23.0 Å². The van der Waals surface area contributed by atoms with Gasteiger partial charge in [0.2, 0.25) is 0 Å². The van der Waals surface area contributed by atoms with E-state index >= 15 is 0 Å². The van der Waals surface area contributed by atoms with Crippen LogP contribution in [0.15, 0.2) is 6.07 Å². The first-order valence-electron chi connectivity index (χ1n) is 7.20. The molecule has 1 fully saturated rings. The maximum absolute atomic E-state index is 6.51. The zero-order valence-electron chi connectivity index (χ0n) is 11.8. The number of hydrogen-bond donors (Lipinski definition) is 1. The first-order chi connectivity index (χ1) is 8.61. The highest BCUT2D eigenvalue weighted by Gasteiger charge is 2.27. The Balaban J connectivity index is 2.21. The van der Waals surface area contributed by atoms with Gasteiger partial charge >= 0.3 is 0 Å². The van der Waals surface area contributed by atoms with Crippen LogP contribution in [0.1, 0.15) is 62.5 Å². The monoisotopic (exact) mass is 247 g/mol. The fourth-order valence-corrected chi connectivity index (χ4v) is 3.16. The van der Waals surface area contributed by atoms with Gasteiger partial charge in [-0.3, -0.25) is 0 Å². The fourth-order valence-electron chi connectivity index (χ4n) is 3.16. The Morgan fingerprint density at radius 3 is 2.83 bits per heavy atom. The summed E-state index contributed by atoms with van der Waals surface area (Å²) in [5.41, 5.74) is 9.78. The van der Waals surface area contributed by atoms with Crippen molar-refractivity contribution in [2.45, 2.75) is 58.9 Å². The highest BCUT2D eigenvalue weighted by atomic mass is 15.1. The number of aromatic nitrogens is 2. The van der Waals surface area contributed by atoms with Gasteiger partial charge in [0.1, 0.15) is 0 Å². The zero-order valence-corrected chi connectivity index (χ0v) is 11.8. The standard InChI is InChI=1S/C15H25N3/c1-4-14-13(9-11(3)17-18-14)15(16)12-7-5-6-10(2)8-12/h9-10,12,15H,4-8,16H2,1-3H3. The number of rotatable bonds is 3. The molecule has 0 amide bonds. The molecule has 0 spiro atoms. The normalized spacial score (nSPS) is 26.0. The molecule has 0 saturated heterocycles. The summed E-state index contributed by atoms with van der Waals surface area (Å²) < 4.78 is 0. The van der Waals surface area contributed by atoms with E-state index in [1.807, 2.05) is 6.92 Å². The lowest BCUT2D eigenvalue weighted by Crippen LogP contribution is -2.27. The van der Waals surface area contributed by atoms with Gasteiger partial charge in [-0.1, -0.05) is 26.7 Å². The third kappa shape index (κ3) is 2.89. The SMILES string of the molecule is CCc1nnc(C)cc1C(N)C1CCCC(C)C1. The van der Waals surface area contributed by atoms with Gasteiger partial charge in [-0.2, -0.15) is 10.2 Å². The molecule has 1 aromatic rings. The van der Waals surface area contributed by atoms with Crippen molar-refractivity contribution in [3.8, 4) is 0 Å². The molecule has 2 N–H and O–H groups in total. The largest absolute Gasteiger partial charge is 0.324 e. The smallest absolute Gasteiger partial charge is 0.0676 e. The van der Waals surface area contributed by atoms with Crippen LogP contribution < -0.4 is 5.73 Å². The van der Waals surface area contributed by atoms with Crippen LogP contribution in [0.25, 0.3) is 0 Å². The van der Waals surface area contributed by atoms with Crippen LogP contribution >= 0.6 is 0 Å². The molecule has 1 saturated carbocycles. The van der Waals surface area contributed by atoms with Gasteiger partial charge in [0.15, 0.2) is 0 Å². The van der Waals surface area contributed by atoms with Crippen molar-refractivity contribution in [1.29, 1.82) is 0 Å². The second-order valence-corrected chi connectivity index (χ2v) is 5.80. The third-order valence-electron chi connectivity index (χ3n) is 4.20. The van der Waals surface area contributed by atoms with Gasteiger partial charge in [0, 0.05) is 6.04 Å². The topological polar surface area (TPSA) is 51.8 Å². The van der Waals surface area contributed by atoms with Crippen LogP contribution in [0.4, 0.5) is 0 Å². The van der Waals surface area contributed by atoms with E-state index in [0.29, 0.717) is 5.92 Å². The lowest BCUT2D eigenvalue weighted by Gasteiger charge is -2.32. The van der Waals surface area contributed by atoms with Crippen molar-refractivity contribution in [2.24, 2.45) is 17.6 Å². The molecule has 0 aromatic carbocycles. The van der Waals surface area contributed by atoms with Crippen molar-refractivity contribution >= 4 is 0 Å². The fraction of sp³-hybridized carbons (Fsp3) is 0.733. The third-order valence-corrected chi connectivity index (χ3v) is 4.20.